The lowest BCUT2D eigenvalue weighted by molar-refractivity contribution is -0.129. The van der Waals surface area contributed by atoms with Crippen LogP contribution >= 0.6 is 0 Å². The Kier molecular flexibility index (Phi) is 5.04. The van der Waals surface area contributed by atoms with E-state index in [4.69, 9.17) is 0 Å². The predicted octanol–water partition coefficient (Wildman–Crippen LogP) is 2.62. The highest BCUT2D eigenvalue weighted by Gasteiger charge is 2.12. The van der Waals surface area contributed by atoms with Gasteiger partial charge in [-0.15, -0.1) is 0 Å². The summed E-state index contributed by atoms with van der Waals surface area (Å²) in [5, 5.41) is 3.69. The molecule has 0 unspecified atom stereocenters. The number of rotatable bonds is 5. The van der Waals surface area contributed by atoms with Gasteiger partial charge in [-0.25, -0.2) is 0 Å². The minimum atomic E-state index is -0.255. The molecule has 0 aliphatic heterocycles. The van der Waals surface area contributed by atoms with Crippen molar-refractivity contribution < 1.29 is 9.59 Å². The van der Waals surface area contributed by atoms with Crippen molar-refractivity contribution in [1.82, 2.24) is 15.2 Å². The van der Waals surface area contributed by atoms with E-state index in [1.807, 2.05) is 36.4 Å². The second-order valence-corrected chi connectivity index (χ2v) is 5.83. The number of carbonyl (C=O) groups is 2. The van der Waals surface area contributed by atoms with Crippen LogP contribution in [0.15, 0.2) is 66.9 Å². The lowest BCUT2D eigenvalue weighted by atomic mass is 10.1. The molecule has 0 aliphatic rings. The minimum absolute atomic E-state index is 0.0365. The van der Waals surface area contributed by atoms with Crippen molar-refractivity contribution in [3.8, 4) is 0 Å². The van der Waals surface area contributed by atoms with Gasteiger partial charge in [0, 0.05) is 30.7 Å². The molecule has 0 spiro atoms. The van der Waals surface area contributed by atoms with Gasteiger partial charge in [0.15, 0.2) is 0 Å². The Morgan fingerprint density at radius 2 is 1.76 bits per heavy atom. The Morgan fingerprint density at radius 3 is 2.56 bits per heavy atom. The van der Waals surface area contributed by atoms with Crippen molar-refractivity contribution in [3.05, 3.63) is 78.0 Å². The number of nitrogens with one attached hydrogen (secondary N) is 1. The highest BCUT2D eigenvalue weighted by Crippen LogP contribution is 2.13. The van der Waals surface area contributed by atoms with Gasteiger partial charge in [-0.05, 0) is 29.8 Å². The Morgan fingerprint density at radius 1 is 1.04 bits per heavy atom. The van der Waals surface area contributed by atoms with Crippen molar-refractivity contribution in [1.29, 1.82) is 0 Å². The zero-order chi connectivity index (χ0) is 17.6. The fourth-order valence-electron chi connectivity index (χ4n) is 2.55. The molecule has 1 aromatic heterocycles. The number of carbonyl (C=O) groups excluding carboxylic acids is 2. The number of hydrogen-bond acceptors (Lipinski definition) is 3. The summed E-state index contributed by atoms with van der Waals surface area (Å²) in [5.74, 6) is -0.410. The third kappa shape index (κ3) is 4.20. The number of para-hydroxylation sites is 1. The standard InChI is InChI=1S/C20H19N3O2/c1-23(14-15-11-17-9-5-6-10-18(17)21-12-15)19(24)13-22-20(25)16-7-3-2-4-8-16/h2-12H,13-14H2,1H3,(H,22,25). The fraction of sp³-hybridized carbons (Fsp3) is 0.150. The van der Waals surface area contributed by atoms with Crippen molar-refractivity contribution >= 4 is 22.7 Å². The third-order valence-corrected chi connectivity index (χ3v) is 3.93. The van der Waals surface area contributed by atoms with E-state index in [0.717, 1.165) is 16.5 Å². The van der Waals surface area contributed by atoms with Crippen molar-refractivity contribution in [2.24, 2.45) is 0 Å². The zero-order valence-corrected chi connectivity index (χ0v) is 14.0. The molecule has 0 saturated heterocycles. The fourth-order valence-corrected chi connectivity index (χ4v) is 2.55. The molecule has 25 heavy (non-hydrogen) atoms. The lowest BCUT2D eigenvalue weighted by Crippen LogP contribution is -2.37. The molecule has 1 N–H and O–H groups in total. The summed E-state index contributed by atoms with van der Waals surface area (Å²) in [6.07, 6.45) is 1.77. The monoisotopic (exact) mass is 333 g/mol. The van der Waals surface area contributed by atoms with Crippen LogP contribution in [-0.4, -0.2) is 35.3 Å². The van der Waals surface area contributed by atoms with Gasteiger partial charge in [0.25, 0.3) is 5.91 Å². The van der Waals surface area contributed by atoms with Crippen LogP contribution in [0.5, 0.6) is 0 Å². The minimum Gasteiger partial charge on any atom is -0.343 e. The van der Waals surface area contributed by atoms with Crippen LogP contribution in [0.25, 0.3) is 10.9 Å². The van der Waals surface area contributed by atoms with Gasteiger partial charge in [0.05, 0.1) is 12.1 Å². The van der Waals surface area contributed by atoms with Crippen LogP contribution < -0.4 is 5.32 Å². The smallest absolute Gasteiger partial charge is 0.251 e. The number of hydrogen-bond donors (Lipinski definition) is 1. The van der Waals surface area contributed by atoms with Gasteiger partial charge in [-0.3, -0.25) is 14.6 Å². The molecule has 3 aromatic rings. The lowest BCUT2D eigenvalue weighted by Gasteiger charge is -2.17. The van der Waals surface area contributed by atoms with Crippen LogP contribution in [0.3, 0.4) is 0 Å². The number of likely N-dealkylation sites (N-methyl/N-ethyl adjacent to an activating group) is 1. The molecule has 2 amide bonds. The molecular weight excluding hydrogens is 314 g/mol. The number of aromatic nitrogens is 1. The van der Waals surface area contributed by atoms with E-state index < -0.39 is 0 Å². The van der Waals surface area contributed by atoms with Gasteiger partial charge in [-0.2, -0.15) is 0 Å². The van der Waals surface area contributed by atoms with Crippen LogP contribution in [0.2, 0.25) is 0 Å². The van der Waals surface area contributed by atoms with Gasteiger partial charge in [0.2, 0.25) is 5.91 Å². The molecule has 2 aromatic carbocycles. The van der Waals surface area contributed by atoms with Crippen LogP contribution in [0.4, 0.5) is 0 Å². The molecular formula is C20H19N3O2. The van der Waals surface area contributed by atoms with Crippen molar-refractivity contribution in [3.63, 3.8) is 0 Å². The highest BCUT2D eigenvalue weighted by atomic mass is 16.2. The number of nitrogens with zero attached hydrogens (tertiary/aromatic N) is 2. The van der Waals surface area contributed by atoms with E-state index >= 15 is 0 Å². The molecule has 0 atom stereocenters. The van der Waals surface area contributed by atoms with E-state index in [0.29, 0.717) is 12.1 Å². The first kappa shape index (κ1) is 16.6. The molecule has 5 nitrogen and oxygen atoms in total. The predicted molar refractivity (Wildman–Crippen MR) is 97.0 cm³/mol. The second-order valence-electron chi connectivity index (χ2n) is 5.83. The van der Waals surface area contributed by atoms with E-state index in [1.54, 1.807) is 42.4 Å². The quantitative estimate of drug-likeness (QED) is 0.781. The van der Waals surface area contributed by atoms with E-state index in [-0.39, 0.29) is 18.4 Å². The van der Waals surface area contributed by atoms with Gasteiger partial charge >= 0.3 is 0 Å². The SMILES string of the molecule is CN(Cc1cnc2ccccc2c1)C(=O)CNC(=O)c1ccccc1. The number of benzene rings is 2. The summed E-state index contributed by atoms with van der Waals surface area (Å²) in [5.41, 5.74) is 2.41. The molecule has 0 bridgehead atoms. The third-order valence-electron chi connectivity index (χ3n) is 3.93. The van der Waals surface area contributed by atoms with Crippen LogP contribution in [0.1, 0.15) is 15.9 Å². The second kappa shape index (κ2) is 7.57. The largest absolute Gasteiger partial charge is 0.343 e. The van der Waals surface area contributed by atoms with E-state index in [1.165, 1.54) is 0 Å². The summed E-state index contributed by atoms with van der Waals surface area (Å²) < 4.78 is 0. The summed E-state index contributed by atoms with van der Waals surface area (Å²) >= 11 is 0. The Hall–Kier alpha value is -3.21. The molecule has 3 rings (SSSR count). The molecule has 0 aliphatic carbocycles. The maximum absolute atomic E-state index is 12.2. The van der Waals surface area contributed by atoms with Crippen LogP contribution in [-0.2, 0) is 11.3 Å². The first-order valence-corrected chi connectivity index (χ1v) is 8.04. The molecule has 5 heteroatoms. The Labute approximate surface area is 146 Å². The van der Waals surface area contributed by atoms with Crippen molar-refractivity contribution in [2.45, 2.75) is 6.54 Å². The summed E-state index contributed by atoms with van der Waals surface area (Å²) in [6.45, 7) is 0.406. The number of amides is 2. The number of fused-ring (bicyclic) bond motifs is 1. The van der Waals surface area contributed by atoms with E-state index in [9.17, 15) is 9.59 Å². The van der Waals surface area contributed by atoms with Gasteiger partial charge < -0.3 is 10.2 Å². The molecule has 0 radical (unpaired) electrons. The van der Waals surface area contributed by atoms with Crippen molar-refractivity contribution in [2.75, 3.05) is 13.6 Å². The highest BCUT2D eigenvalue weighted by molar-refractivity contribution is 5.96. The maximum Gasteiger partial charge on any atom is 0.251 e. The summed E-state index contributed by atoms with van der Waals surface area (Å²) in [4.78, 5) is 30.2. The average molecular weight is 333 g/mol. The maximum atomic E-state index is 12.2. The average Bonchev–Trinajstić information content (AvgIpc) is 2.66. The molecule has 0 fully saturated rings. The summed E-state index contributed by atoms with van der Waals surface area (Å²) in [6, 6.07) is 18.7. The van der Waals surface area contributed by atoms with Crippen LogP contribution in [0, 0.1) is 0 Å². The summed E-state index contributed by atoms with van der Waals surface area (Å²) in [7, 11) is 1.71. The van der Waals surface area contributed by atoms with Gasteiger partial charge in [0.1, 0.15) is 0 Å². The first-order chi connectivity index (χ1) is 12.1. The molecule has 0 saturated carbocycles. The number of pyridine rings is 1. The topological polar surface area (TPSA) is 62.3 Å². The normalized spacial score (nSPS) is 10.4. The first-order valence-electron chi connectivity index (χ1n) is 8.04. The zero-order valence-electron chi connectivity index (χ0n) is 14.0. The van der Waals surface area contributed by atoms with Gasteiger partial charge in [-0.1, -0.05) is 36.4 Å². The molecule has 1 heterocycles. The van der Waals surface area contributed by atoms with E-state index in [2.05, 4.69) is 10.3 Å². The molecule has 126 valence electrons. The Bertz CT molecular complexity index is 894. The Balaban J connectivity index is 1.57.